The second-order valence-electron chi connectivity index (χ2n) is 4.34. The molecule has 1 rings (SSSR count). The first-order valence-electron chi connectivity index (χ1n) is 5.96. The van der Waals surface area contributed by atoms with Crippen LogP contribution >= 0.6 is 0 Å². The molecule has 1 unspecified atom stereocenters. The van der Waals surface area contributed by atoms with E-state index in [2.05, 4.69) is 43.4 Å². The van der Waals surface area contributed by atoms with Crippen molar-refractivity contribution in [3.05, 3.63) is 35.4 Å². The maximum atomic E-state index is 10.8. The van der Waals surface area contributed by atoms with Gasteiger partial charge in [0.1, 0.15) is 0 Å². The Morgan fingerprint density at radius 2 is 2.19 bits per heavy atom. The lowest BCUT2D eigenvalue weighted by Crippen LogP contribution is -2.18. The van der Waals surface area contributed by atoms with E-state index in [-0.39, 0.29) is 5.91 Å². The molecule has 2 heteroatoms. The van der Waals surface area contributed by atoms with Crippen molar-refractivity contribution in [2.45, 2.75) is 46.1 Å². The highest BCUT2D eigenvalue weighted by Gasteiger charge is 2.04. The molecule has 1 aromatic rings. The smallest absolute Gasteiger partial charge is 0.217 e. The fourth-order valence-corrected chi connectivity index (χ4v) is 1.84. The highest BCUT2D eigenvalue weighted by Crippen LogP contribution is 2.21. The quantitative estimate of drug-likeness (QED) is 0.809. The lowest BCUT2D eigenvalue weighted by molar-refractivity contribution is -0.119. The van der Waals surface area contributed by atoms with Crippen LogP contribution in [-0.4, -0.2) is 5.91 Å². The van der Waals surface area contributed by atoms with Crippen molar-refractivity contribution in [2.75, 3.05) is 0 Å². The second kappa shape index (κ2) is 6.31. The largest absolute Gasteiger partial charge is 0.352 e. The average molecular weight is 219 g/mol. The van der Waals surface area contributed by atoms with Crippen LogP contribution in [0.1, 0.15) is 50.7 Å². The molecule has 1 N–H and O–H groups in total. The average Bonchev–Trinajstić information content (AvgIpc) is 2.27. The Hall–Kier alpha value is -1.31. The summed E-state index contributed by atoms with van der Waals surface area (Å²) in [6.07, 6.45) is 2.42. The first-order chi connectivity index (χ1) is 7.63. The van der Waals surface area contributed by atoms with Gasteiger partial charge < -0.3 is 5.32 Å². The van der Waals surface area contributed by atoms with Gasteiger partial charge in [0.15, 0.2) is 0 Å². The Morgan fingerprint density at radius 3 is 2.81 bits per heavy atom. The number of rotatable bonds is 5. The van der Waals surface area contributed by atoms with Crippen molar-refractivity contribution >= 4 is 5.91 Å². The predicted molar refractivity (Wildman–Crippen MR) is 67.3 cm³/mol. The van der Waals surface area contributed by atoms with Crippen molar-refractivity contribution in [2.24, 2.45) is 0 Å². The molecule has 0 saturated heterocycles. The third kappa shape index (κ3) is 4.05. The number of carbonyl (C=O) groups is 1. The molecule has 0 bridgehead atoms. The zero-order valence-electron chi connectivity index (χ0n) is 10.4. The summed E-state index contributed by atoms with van der Waals surface area (Å²) in [5.41, 5.74) is 2.54. The van der Waals surface area contributed by atoms with E-state index < -0.39 is 0 Å². The van der Waals surface area contributed by atoms with Crippen molar-refractivity contribution in [3.63, 3.8) is 0 Å². The number of hydrogen-bond donors (Lipinski definition) is 1. The maximum absolute atomic E-state index is 10.8. The molecule has 0 heterocycles. The van der Waals surface area contributed by atoms with Crippen LogP contribution in [0.15, 0.2) is 24.3 Å². The normalized spacial score (nSPS) is 12.2. The van der Waals surface area contributed by atoms with Gasteiger partial charge in [0.25, 0.3) is 0 Å². The molecule has 0 aliphatic carbocycles. The standard InChI is InChI=1S/C14H21NO/c1-4-6-11(2)14-8-5-7-13(9-14)10-15-12(3)16/h5,7-9,11H,4,6,10H2,1-3H3,(H,15,16). The first kappa shape index (κ1) is 12.8. The van der Waals surface area contributed by atoms with Crippen LogP contribution in [0.5, 0.6) is 0 Å². The Bertz CT molecular complexity index is 346. The maximum Gasteiger partial charge on any atom is 0.217 e. The van der Waals surface area contributed by atoms with E-state index >= 15 is 0 Å². The van der Waals surface area contributed by atoms with Crippen molar-refractivity contribution in [3.8, 4) is 0 Å². The zero-order valence-corrected chi connectivity index (χ0v) is 10.4. The van der Waals surface area contributed by atoms with Crippen molar-refractivity contribution in [1.82, 2.24) is 5.32 Å². The zero-order chi connectivity index (χ0) is 12.0. The minimum Gasteiger partial charge on any atom is -0.352 e. The van der Waals surface area contributed by atoms with Gasteiger partial charge in [-0.3, -0.25) is 4.79 Å². The first-order valence-corrected chi connectivity index (χ1v) is 5.96. The summed E-state index contributed by atoms with van der Waals surface area (Å²) >= 11 is 0. The van der Waals surface area contributed by atoms with Crippen LogP contribution in [0.25, 0.3) is 0 Å². The van der Waals surface area contributed by atoms with E-state index in [4.69, 9.17) is 0 Å². The molecule has 16 heavy (non-hydrogen) atoms. The molecular formula is C14H21NO. The molecule has 0 aliphatic rings. The van der Waals surface area contributed by atoms with E-state index in [1.165, 1.54) is 24.0 Å². The number of benzene rings is 1. The molecule has 1 aromatic carbocycles. The highest BCUT2D eigenvalue weighted by molar-refractivity contribution is 5.72. The molecular weight excluding hydrogens is 198 g/mol. The summed E-state index contributed by atoms with van der Waals surface area (Å²) in [5, 5.41) is 2.82. The van der Waals surface area contributed by atoms with E-state index in [1.807, 2.05) is 0 Å². The predicted octanol–water partition coefficient (Wildman–Crippen LogP) is 3.23. The van der Waals surface area contributed by atoms with Crippen molar-refractivity contribution < 1.29 is 4.79 Å². The van der Waals surface area contributed by atoms with Gasteiger partial charge in [-0.25, -0.2) is 0 Å². The van der Waals surface area contributed by atoms with Crippen LogP contribution in [0, 0.1) is 0 Å². The summed E-state index contributed by atoms with van der Waals surface area (Å²) < 4.78 is 0. The summed E-state index contributed by atoms with van der Waals surface area (Å²) in [6, 6.07) is 8.48. The van der Waals surface area contributed by atoms with Crippen LogP contribution in [0.4, 0.5) is 0 Å². The molecule has 1 atom stereocenters. The summed E-state index contributed by atoms with van der Waals surface area (Å²) in [7, 11) is 0. The lowest BCUT2D eigenvalue weighted by atomic mass is 9.95. The molecule has 0 spiro atoms. The summed E-state index contributed by atoms with van der Waals surface area (Å²) in [6.45, 7) is 6.63. The van der Waals surface area contributed by atoms with Gasteiger partial charge in [-0.1, -0.05) is 44.5 Å². The van der Waals surface area contributed by atoms with Gasteiger partial charge in [-0.15, -0.1) is 0 Å². The Morgan fingerprint density at radius 1 is 1.44 bits per heavy atom. The number of nitrogens with one attached hydrogen (secondary N) is 1. The van der Waals surface area contributed by atoms with Gasteiger partial charge in [-0.2, -0.15) is 0 Å². The molecule has 0 aromatic heterocycles. The number of amides is 1. The molecule has 0 fully saturated rings. The third-order valence-corrected chi connectivity index (χ3v) is 2.78. The molecule has 0 radical (unpaired) electrons. The number of carbonyl (C=O) groups excluding carboxylic acids is 1. The second-order valence-corrected chi connectivity index (χ2v) is 4.34. The van der Waals surface area contributed by atoms with E-state index in [9.17, 15) is 4.79 Å². The van der Waals surface area contributed by atoms with Crippen LogP contribution in [0.3, 0.4) is 0 Å². The van der Waals surface area contributed by atoms with Crippen LogP contribution in [-0.2, 0) is 11.3 Å². The number of hydrogen-bond acceptors (Lipinski definition) is 1. The fourth-order valence-electron chi connectivity index (χ4n) is 1.84. The highest BCUT2D eigenvalue weighted by atomic mass is 16.1. The minimum atomic E-state index is 0.0204. The van der Waals surface area contributed by atoms with Crippen LogP contribution < -0.4 is 5.32 Å². The van der Waals surface area contributed by atoms with Crippen LogP contribution in [0.2, 0.25) is 0 Å². The summed E-state index contributed by atoms with van der Waals surface area (Å²) in [4.78, 5) is 10.8. The topological polar surface area (TPSA) is 29.1 Å². The molecule has 0 saturated carbocycles. The Balaban J connectivity index is 2.66. The molecule has 88 valence electrons. The van der Waals surface area contributed by atoms with E-state index in [0.717, 1.165) is 0 Å². The van der Waals surface area contributed by atoms with Gasteiger partial charge in [0.05, 0.1) is 0 Å². The van der Waals surface area contributed by atoms with Gasteiger partial charge >= 0.3 is 0 Å². The third-order valence-electron chi connectivity index (χ3n) is 2.78. The Labute approximate surface area is 98.1 Å². The van der Waals surface area contributed by atoms with Gasteiger partial charge in [-0.05, 0) is 23.5 Å². The molecule has 0 aliphatic heterocycles. The van der Waals surface area contributed by atoms with Gasteiger partial charge in [0, 0.05) is 13.5 Å². The van der Waals surface area contributed by atoms with E-state index in [1.54, 1.807) is 6.92 Å². The van der Waals surface area contributed by atoms with E-state index in [0.29, 0.717) is 12.5 Å². The lowest BCUT2D eigenvalue weighted by Gasteiger charge is -2.12. The minimum absolute atomic E-state index is 0.0204. The fraction of sp³-hybridized carbons (Fsp3) is 0.500. The Kier molecular flexibility index (Phi) is 5.03. The van der Waals surface area contributed by atoms with Gasteiger partial charge in [0.2, 0.25) is 5.91 Å². The monoisotopic (exact) mass is 219 g/mol. The molecule has 1 amide bonds. The summed E-state index contributed by atoms with van der Waals surface area (Å²) in [5.74, 6) is 0.620. The molecule has 2 nitrogen and oxygen atoms in total. The van der Waals surface area contributed by atoms with Crippen molar-refractivity contribution in [1.29, 1.82) is 0 Å². The SMILES string of the molecule is CCCC(C)c1cccc(CNC(C)=O)c1.